The van der Waals surface area contributed by atoms with Crippen LogP contribution in [0.25, 0.3) is 0 Å². The zero-order valence-electron chi connectivity index (χ0n) is 13.4. The van der Waals surface area contributed by atoms with E-state index in [2.05, 4.69) is 10.6 Å². The molecule has 2 heterocycles. The van der Waals surface area contributed by atoms with Crippen LogP contribution in [0, 0.1) is 21.7 Å². The van der Waals surface area contributed by atoms with E-state index in [9.17, 15) is 23.7 Å². The Morgan fingerprint density at radius 2 is 2.04 bits per heavy atom. The monoisotopic (exact) mass is 403 g/mol. The van der Waals surface area contributed by atoms with Crippen LogP contribution in [-0.2, 0) is 0 Å². The van der Waals surface area contributed by atoms with E-state index in [4.69, 9.17) is 0 Å². The van der Waals surface area contributed by atoms with Crippen LogP contribution < -0.4 is 10.6 Å². The molecule has 0 bridgehead atoms. The lowest BCUT2D eigenvalue weighted by molar-refractivity contribution is -0.380. The number of hydrogen-bond donors (Lipinski definition) is 2. The second kappa shape index (κ2) is 8.52. The average Bonchev–Trinajstić information content (AvgIpc) is 3.08. The van der Waals surface area contributed by atoms with Gasteiger partial charge in [-0.15, -0.1) is 12.4 Å². The van der Waals surface area contributed by atoms with Gasteiger partial charge in [0.2, 0.25) is 0 Å². The van der Waals surface area contributed by atoms with Gasteiger partial charge in [0, 0.05) is 24.6 Å². The number of thiophene rings is 1. The highest BCUT2D eigenvalue weighted by Crippen LogP contribution is 2.28. The Morgan fingerprint density at radius 1 is 1.27 bits per heavy atom. The molecule has 2 aromatic rings. The molecule has 0 aliphatic carbocycles. The van der Waals surface area contributed by atoms with Crippen molar-refractivity contribution in [3.63, 3.8) is 0 Å². The first kappa shape index (κ1) is 20.2. The van der Waals surface area contributed by atoms with E-state index in [1.165, 1.54) is 18.2 Å². The third kappa shape index (κ3) is 4.35. The van der Waals surface area contributed by atoms with E-state index in [0.717, 1.165) is 23.5 Å². The average molecular weight is 404 g/mol. The van der Waals surface area contributed by atoms with Gasteiger partial charge >= 0.3 is 5.00 Å². The summed E-state index contributed by atoms with van der Waals surface area (Å²) in [6.07, 6.45) is 0.653. The number of amides is 1. The van der Waals surface area contributed by atoms with Crippen LogP contribution in [0.15, 0.2) is 30.3 Å². The van der Waals surface area contributed by atoms with Crippen molar-refractivity contribution >= 4 is 34.7 Å². The number of carbonyl (C=O) groups is 1. The standard InChI is InChI=1S/C16H15F2N3O3S.ClH/c17-11-2-1-9(7-12(11)18)10-5-6-19-8-13(10)20-16(22)14-3-4-15(25-14)21(23)24;/h1-4,7,10,13,19H,5-6,8H2,(H,20,22);1H. The number of nitrogens with zero attached hydrogens (tertiary/aromatic N) is 1. The Kier molecular flexibility index (Phi) is 6.63. The van der Waals surface area contributed by atoms with Gasteiger partial charge in [-0.1, -0.05) is 17.4 Å². The SMILES string of the molecule is Cl.O=C(NC1CNCCC1c1ccc(F)c(F)c1)c1ccc([N+](=O)[O-])s1. The molecule has 1 fully saturated rings. The summed E-state index contributed by atoms with van der Waals surface area (Å²) in [5.41, 5.74) is 0.614. The molecule has 3 rings (SSSR count). The molecule has 10 heteroatoms. The van der Waals surface area contributed by atoms with Gasteiger partial charge in [-0.05, 0) is 36.7 Å². The zero-order valence-corrected chi connectivity index (χ0v) is 15.0. The lowest BCUT2D eigenvalue weighted by Crippen LogP contribution is -2.49. The number of nitro groups is 1. The van der Waals surface area contributed by atoms with Crippen LogP contribution in [0.1, 0.15) is 27.6 Å². The van der Waals surface area contributed by atoms with Crippen molar-refractivity contribution in [3.8, 4) is 0 Å². The van der Waals surface area contributed by atoms with Gasteiger partial charge in [-0.2, -0.15) is 0 Å². The molecule has 0 radical (unpaired) electrons. The van der Waals surface area contributed by atoms with Crippen molar-refractivity contribution in [1.29, 1.82) is 0 Å². The van der Waals surface area contributed by atoms with Crippen LogP contribution >= 0.6 is 23.7 Å². The van der Waals surface area contributed by atoms with Crippen molar-refractivity contribution in [2.24, 2.45) is 0 Å². The van der Waals surface area contributed by atoms with Crippen molar-refractivity contribution in [1.82, 2.24) is 10.6 Å². The number of halogens is 3. The molecule has 2 unspecified atom stereocenters. The molecule has 0 spiro atoms. The summed E-state index contributed by atoms with van der Waals surface area (Å²) in [5.74, 6) is -2.42. The molecule has 140 valence electrons. The maximum absolute atomic E-state index is 13.5. The van der Waals surface area contributed by atoms with Gasteiger partial charge in [-0.3, -0.25) is 14.9 Å². The van der Waals surface area contributed by atoms with Crippen molar-refractivity contribution in [2.75, 3.05) is 13.1 Å². The van der Waals surface area contributed by atoms with Crippen LogP contribution in [0.5, 0.6) is 0 Å². The molecule has 6 nitrogen and oxygen atoms in total. The minimum atomic E-state index is -0.921. The molecule has 1 aromatic heterocycles. The fourth-order valence-electron chi connectivity index (χ4n) is 2.94. The molecule has 26 heavy (non-hydrogen) atoms. The van der Waals surface area contributed by atoms with E-state index in [1.54, 1.807) is 0 Å². The Hall–Kier alpha value is -2.10. The second-order valence-electron chi connectivity index (χ2n) is 5.75. The lowest BCUT2D eigenvalue weighted by atomic mass is 9.86. The summed E-state index contributed by atoms with van der Waals surface area (Å²) in [7, 11) is 0. The van der Waals surface area contributed by atoms with Crippen LogP contribution in [0.2, 0.25) is 0 Å². The van der Waals surface area contributed by atoms with Crippen LogP contribution in [0.3, 0.4) is 0 Å². The topological polar surface area (TPSA) is 84.3 Å². The minimum absolute atomic E-state index is 0. The van der Waals surface area contributed by atoms with Gasteiger partial charge in [0.25, 0.3) is 5.91 Å². The Balaban J connectivity index is 0.00000243. The molecular weight excluding hydrogens is 388 g/mol. The third-order valence-corrected chi connectivity index (χ3v) is 5.20. The molecule has 0 saturated carbocycles. The van der Waals surface area contributed by atoms with E-state index in [-0.39, 0.29) is 34.2 Å². The summed E-state index contributed by atoms with van der Waals surface area (Å²) >= 11 is 0.798. The van der Waals surface area contributed by atoms with Gasteiger partial charge in [0.1, 0.15) is 0 Å². The second-order valence-corrected chi connectivity index (χ2v) is 6.81. The lowest BCUT2D eigenvalue weighted by Gasteiger charge is -2.33. The zero-order chi connectivity index (χ0) is 18.0. The first-order chi connectivity index (χ1) is 12.0. The van der Waals surface area contributed by atoms with Crippen molar-refractivity contribution in [3.05, 3.63) is 62.5 Å². The Bertz CT molecular complexity index is 818. The molecular formula is C16H16ClF2N3O3S. The summed E-state index contributed by atoms with van der Waals surface area (Å²) in [6, 6.07) is 6.11. The van der Waals surface area contributed by atoms with Gasteiger partial charge in [-0.25, -0.2) is 8.78 Å². The largest absolute Gasteiger partial charge is 0.347 e. The number of hydrogen-bond acceptors (Lipinski definition) is 5. The fraction of sp³-hybridized carbons (Fsp3) is 0.312. The van der Waals surface area contributed by atoms with Crippen LogP contribution in [0.4, 0.5) is 13.8 Å². The van der Waals surface area contributed by atoms with E-state index < -0.39 is 22.5 Å². The summed E-state index contributed by atoms with van der Waals surface area (Å²) in [4.78, 5) is 22.8. The number of rotatable bonds is 4. The molecule has 2 N–H and O–H groups in total. The van der Waals surface area contributed by atoms with Gasteiger partial charge < -0.3 is 10.6 Å². The summed E-state index contributed by atoms with van der Waals surface area (Å²) < 4.78 is 26.7. The summed E-state index contributed by atoms with van der Waals surface area (Å²) in [6.45, 7) is 1.17. The van der Waals surface area contributed by atoms with E-state index >= 15 is 0 Å². The highest BCUT2D eigenvalue weighted by Gasteiger charge is 2.29. The van der Waals surface area contributed by atoms with Crippen molar-refractivity contribution < 1.29 is 18.5 Å². The maximum atomic E-state index is 13.5. The quantitative estimate of drug-likeness (QED) is 0.606. The Labute approximate surface area is 158 Å². The maximum Gasteiger partial charge on any atom is 0.324 e. The molecule has 1 aliphatic rings. The highest BCUT2D eigenvalue weighted by atomic mass is 35.5. The highest BCUT2D eigenvalue weighted by molar-refractivity contribution is 7.17. The predicted octanol–water partition coefficient (Wildman–Crippen LogP) is 3.23. The molecule has 1 aromatic carbocycles. The first-order valence-corrected chi connectivity index (χ1v) is 8.48. The van der Waals surface area contributed by atoms with Gasteiger partial charge in [0.15, 0.2) is 11.6 Å². The molecule has 1 amide bonds. The normalized spacial score (nSPS) is 19.5. The number of piperidine rings is 1. The third-order valence-electron chi connectivity index (χ3n) is 4.17. The predicted molar refractivity (Wildman–Crippen MR) is 96.1 cm³/mol. The number of nitrogens with one attached hydrogen (secondary N) is 2. The smallest absolute Gasteiger partial charge is 0.324 e. The summed E-state index contributed by atoms with van der Waals surface area (Å²) in [5, 5.41) is 16.6. The first-order valence-electron chi connectivity index (χ1n) is 7.66. The minimum Gasteiger partial charge on any atom is -0.347 e. The van der Waals surface area contributed by atoms with E-state index in [0.29, 0.717) is 25.1 Å². The number of benzene rings is 1. The molecule has 1 saturated heterocycles. The molecule has 2 atom stereocenters. The van der Waals surface area contributed by atoms with Crippen LogP contribution in [-0.4, -0.2) is 30.0 Å². The molecule has 1 aliphatic heterocycles. The van der Waals surface area contributed by atoms with Gasteiger partial charge in [0.05, 0.1) is 9.80 Å². The fourth-order valence-corrected chi connectivity index (χ4v) is 3.66. The van der Waals surface area contributed by atoms with Crippen molar-refractivity contribution in [2.45, 2.75) is 18.4 Å². The Morgan fingerprint density at radius 3 is 2.69 bits per heavy atom. The number of carbonyl (C=O) groups excluding carboxylic acids is 1. The van der Waals surface area contributed by atoms with E-state index in [1.807, 2.05) is 0 Å².